The van der Waals surface area contributed by atoms with Crippen LogP contribution in [0.5, 0.6) is 0 Å². The minimum absolute atomic E-state index is 0.0123. The van der Waals surface area contributed by atoms with Crippen LogP contribution in [0.15, 0.2) is 12.5 Å². The van der Waals surface area contributed by atoms with E-state index in [4.69, 9.17) is 11.6 Å². The molecule has 80 valence electrons. The van der Waals surface area contributed by atoms with Crippen molar-refractivity contribution < 1.29 is 13.2 Å². The Bertz CT molecular complexity index is 287. The Balaban J connectivity index is 2.31. The first-order chi connectivity index (χ1) is 6.51. The lowest BCUT2D eigenvalue weighted by Gasteiger charge is -2.05. The van der Waals surface area contributed by atoms with Gasteiger partial charge in [-0.15, -0.1) is 11.6 Å². The highest BCUT2D eigenvalue weighted by atomic mass is 35.5. The van der Waals surface area contributed by atoms with Crippen LogP contribution in [-0.4, -0.2) is 20.8 Å². The molecule has 0 aliphatic carbocycles. The number of aryl methyl sites for hydroxylation is 1. The number of imidazole rings is 1. The third-order valence-corrected chi connectivity index (χ3v) is 2.43. The van der Waals surface area contributed by atoms with E-state index in [0.717, 1.165) is 0 Å². The summed E-state index contributed by atoms with van der Waals surface area (Å²) in [5.41, 5.74) is -3.49. The lowest BCUT2D eigenvalue weighted by molar-refractivity contribution is -0.0328. The number of alkyl halides is 4. The van der Waals surface area contributed by atoms with Crippen LogP contribution in [0.1, 0.15) is 5.69 Å². The first kappa shape index (κ1) is 11.7. The largest absolute Gasteiger partial charge is 0.441 e. The van der Waals surface area contributed by atoms with Crippen molar-refractivity contribution in [2.24, 2.45) is 0 Å². The molecule has 0 N–H and O–H groups in total. The van der Waals surface area contributed by atoms with E-state index in [1.807, 2.05) is 0 Å². The number of thioether (sulfide) groups is 1. The third kappa shape index (κ3) is 4.23. The molecule has 0 amide bonds. The zero-order valence-electron chi connectivity index (χ0n) is 7.09. The molecule has 0 atom stereocenters. The molecule has 0 saturated carbocycles. The SMILES string of the molecule is FC(F)(F)SCCn1cnc(CCl)c1. The molecule has 0 aliphatic heterocycles. The van der Waals surface area contributed by atoms with Crippen molar-refractivity contribution in [1.82, 2.24) is 9.55 Å². The van der Waals surface area contributed by atoms with Crippen LogP contribution in [0.2, 0.25) is 0 Å². The van der Waals surface area contributed by atoms with Gasteiger partial charge < -0.3 is 4.57 Å². The minimum Gasteiger partial charge on any atom is -0.336 e. The topological polar surface area (TPSA) is 17.8 Å². The number of rotatable bonds is 4. The van der Waals surface area contributed by atoms with Gasteiger partial charge in [0, 0.05) is 18.5 Å². The predicted molar refractivity (Wildman–Crippen MR) is 50.3 cm³/mol. The highest BCUT2D eigenvalue weighted by Gasteiger charge is 2.27. The smallest absolute Gasteiger partial charge is 0.336 e. The Labute approximate surface area is 88.5 Å². The molecule has 2 nitrogen and oxygen atoms in total. The van der Waals surface area contributed by atoms with Gasteiger partial charge in [0.15, 0.2) is 0 Å². The molecular weight excluding hydrogens is 237 g/mol. The van der Waals surface area contributed by atoms with E-state index in [2.05, 4.69) is 4.98 Å². The fraction of sp³-hybridized carbons (Fsp3) is 0.571. The molecule has 0 saturated heterocycles. The zero-order chi connectivity index (χ0) is 10.6. The Morgan fingerprint density at radius 3 is 2.71 bits per heavy atom. The normalized spacial score (nSPS) is 12.0. The predicted octanol–water partition coefficient (Wildman–Crippen LogP) is 2.87. The standard InChI is InChI=1S/C7H8ClF3N2S/c8-3-6-4-13(5-12-6)1-2-14-7(9,10)11/h4-5H,1-3H2. The first-order valence-corrected chi connectivity index (χ1v) is 5.30. The summed E-state index contributed by atoms with van der Waals surface area (Å²) in [7, 11) is 0. The van der Waals surface area contributed by atoms with E-state index in [-0.39, 0.29) is 29.9 Å². The molecule has 0 radical (unpaired) electrons. The van der Waals surface area contributed by atoms with Crippen LogP contribution in [0.3, 0.4) is 0 Å². The molecule has 0 aromatic carbocycles. The average Bonchev–Trinajstić information content (AvgIpc) is 2.50. The molecule has 0 unspecified atom stereocenters. The molecule has 0 fully saturated rings. The van der Waals surface area contributed by atoms with Crippen molar-refractivity contribution in [3.63, 3.8) is 0 Å². The molecule has 0 bridgehead atoms. The summed E-state index contributed by atoms with van der Waals surface area (Å²) >= 11 is 5.45. The molecule has 0 aliphatic rings. The average molecular weight is 245 g/mol. The van der Waals surface area contributed by atoms with Crippen LogP contribution >= 0.6 is 23.4 Å². The lowest BCUT2D eigenvalue weighted by atomic mass is 10.5. The highest BCUT2D eigenvalue weighted by Crippen LogP contribution is 2.29. The van der Waals surface area contributed by atoms with Crippen LogP contribution in [0, 0.1) is 0 Å². The van der Waals surface area contributed by atoms with Gasteiger partial charge in [-0.25, -0.2) is 4.98 Å². The number of hydrogen-bond acceptors (Lipinski definition) is 2. The van der Waals surface area contributed by atoms with Crippen molar-refractivity contribution in [3.8, 4) is 0 Å². The van der Waals surface area contributed by atoms with Gasteiger partial charge in [0.1, 0.15) is 0 Å². The van der Waals surface area contributed by atoms with Gasteiger partial charge in [-0.1, -0.05) is 0 Å². The Kier molecular flexibility index (Phi) is 4.12. The van der Waals surface area contributed by atoms with E-state index >= 15 is 0 Å². The lowest BCUT2D eigenvalue weighted by Crippen LogP contribution is -2.05. The number of hydrogen-bond donors (Lipinski definition) is 0. The van der Waals surface area contributed by atoms with E-state index in [1.54, 1.807) is 10.8 Å². The molecule has 14 heavy (non-hydrogen) atoms. The van der Waals surface area contributed by atoms with Gasteiger partial charge in [-0.05, 0) is 11.8 Å². The second kappa shape index (κ2) is 4.93. The summed E-state index contributed by atoms with van der Waals surface area (Å²) in [5.74, 6) is 0.265. The van der Waals surface area contributed by atoms with Crippen LogP contribution < -0.4 is 0 Å². The van der Waals surface area contributed by atoms with Crippen LogP contribution in [-0.2, 0) is 12.4 Å². The molecule has 1 rings (SSSR count). The highest BCUT2D eigenvalue weighted by molar-refractivity contribution is 8.00. The molecule has 1 aromatic heterocycles. The second-order valence-electron chi connectivity index (χ2n) is 2.53. The maximum absolute atomic E-state index is 11.7. The monoisotopic (exact) mass is 244 g/mol. The van der Waals surface area contributed by atoms with Gasteiger partial charge in [0.2, 0.25) is 0 Å². The molecule has 0 spiro atoms. The number of halogens is 4. The summed E-state index contributed by atoms with van der Waals surface area (Å²) in [4.78, 5) is 3.89. The molecule has 1 heterocycles. The maximum Gasteiger partial charge on any atom is 0.441 e. The third-order valence-electron chi connectivity index (χ3n) is 1.44. The molecule has 1 aromatic rings. The van der Waals surface area contributed by atoms with Crippen LogP contribution in [0.25, 0.3) is 0 Å². The Morgan fingerprint density at radius 2 is 2.21 bits per heavy atom. The van der Waals surface area contributed by atoms with Crippen molar-refractivity contribution >= 4 is 23.4 Å². The summed E-state index contributed by atoms with van der Waals surface area (Å²) in [5, 5.41) is 0. The second-order valence-corrected chi connectivity index (χ2v) is 3.96. The Morgan fingerprint density at radius 1 is 1.50 bits per heavy atom. The van der Waals surface area contributed by atoms with Gasteiger partial charge in [-0.3, -0.25) is 0 Å². The zero-order valence-corrected chi connectivity index (χ0v) is 8.66. The summed E-state index contributed by atoms with van der Waals surface area (Å²) in [6.45, 7) is 0.286. The number of nitrogens with zero attached hydrogens (tertiary/aromatic N) is 2. The Hall–Kier alpha value is -0.360. The van der Waals surface area contributed by atoms with Crippen molar-refractivity contribution in [3.05, 3.63) is 18.2 Å². The van der Waals surface area contributed by atoms with Crippen LogP contribution in [0.4, 0.5) is 13.2 Å². The van der Waals surface area contributed by atoms with E-state index in [9.17, 15) is 13.2 Å². The van der Waals surface area contributed by atoms with Crippen molar-refractivity contribution in [2.75, 3.05) is 5.75 Å². The van der Waals surface area contributed by atoms with E-state index < -0.39 is 5.51 Å². The first-order valence-electron chi connectivity index (χ1n) is 3.78. The number of aromatic nitrogens is 2. The summed E-state index contributed by atoms with van der Waals surface area (Å²) in [6.07, 6.45) is 3.12. The van der Waals surface area contributed by atoms with Gasteiger partial charge in [0.25, 0.3) is 0 Å². The van der Waals surface area contributed by atoms with Gasteiger partial charge in [0.05, 0.1) is 17.9 Å². The van der Waals surface area contributed by atoms with Gasteiger partial charge in [-0.2, -0.15) is 13.2 Å². The maximum atomic E-state index is 11.7. The quantitative estimate of drug-likeness (QED) is 0.758. The fourth-order valence-electron chi connectivity index (χ4n) is 0.864. The van der Waals surface area contributed by atoms with Crippen molar-refractivity contribution in [2.45, 2.75) is 17.9 Å². The summed E-state index contributed by atoms with van der Waals surface area (Å²) in [6, 6.07) is 0. The minimum atomic E-state index is -4.16. The fourth-order valence-corrected chi connectivity index (χ4v) is 1.54. The van der Waals surface area contributed by atoms with Gasteiger partial charge >= 0.3 is 5.51 Å². The molecule has 7 heteroatoms. The summed E-state index contributed by atoms with van der Waals surface area (Å²) < 4.78 is 36.8. The molecular formula is C7H8ClF3N2S. The van der Waals surface area contributed by atoms with Crippen molar-refractivity contribution in [1.29, 1.82) is 0 Å². The van der Waals surface area contributed by atoms with E-state index in [1.165, 1.54) is 6.33 Å². The van der Waals surface area contributed by atoms with E-state index in [0.29, 0.717) is 5.69 Å².